The van der Waals surface area contributed by atoms with Crippen molar-refractivity contribution in [2.75, 3.05) is 0 Å². The van der Waals surface area contributed by atoms with Gasteiger partial charge in [0.25, 0.3) is 0 Å². The van der Waals surface area contributed by atoms with E-state index >= 15 is 0 Å². The van der Waals surface area contributed by atoms with Gasteiger partial charge in [-0.1, -0.05) is 153 Å². The molecule has 0 N–H and O–H groups in total. The molecule has 5 heteroatoms. The Morgan fingerprint density at radius 2 is 0.792 bits per heavy atom. The van der Waals surface area contributed by atoms with Gasteiger partial charge in [-0.3, -0.25) is 9.13 Å². The predicted octanol–water partition coefficient (Wildman–Crippen LogP) is 11.7. The van der Waals surface area contributed by atoms with Crippen molar-refractivity contribution in [3.63, 3.8) is 0 Å². The highest BCUT2D eigenvalue weighted by Gasteiger charge is 2.36. The SMILES string of the molecule is CC1(C)c2ccccc2-c2c(-c3ccc(-c4nc(-n5c6ccccc6c6ccccc65)nc(-n5c6ccccc6c6ccccc65)n4)cc3)cccc21. The Kier molecular flexibility index (Phi) is 6.23. The van der Waals surface area contributed by atoms with Crippen LogP contribution in [0.4, 0.5) is 0 Å². The van der Waals surface area contributed by atoms with E-state index in [0.717, 1.165) is 54.7 Å². The summed E-state index contributed by atoms with van der Waals surface area (Å²) in [6.07, 6.45) is 0. The number of fused-ring (bicyclic) bond motifs is 9. The van der Waals surface area contributed by atoms with Gasteiger partial charge in [0.05, 0.1) is 22.1 Å². The van der Waals surface area contributed by atoms with E-state index < -0.39 is 0 Å². The lowest BCUT2D eigenvalue weighted by atomic mass is 9.82. The Morgan fingerprint density at radius 3 is 1.32 bits per heavy atom. The summed E-state index contributed by atoms with van der Waals surface area (Å²) >= 11 is 0. The summed E-state index contributed by atoms with van der Waals surface area (Å²) in [5, 5.41) is 4.64. The van der Waals surface area contributed by atoms with Crippen molar-refractivity contribution < 1.29 is 0 Å². The third kappa shape index (κ3) is 4.28. The third-order valence-corrected chi connectivity index (χ3v) is 11.2. The van der Waals surface area contributed by atoms with Gasteiger partial charge in [-0.2, -0.15) is 15.0 Å². The second kappa shape index (κ2) is 11.1. The van der Waals surface area contributed by atoms with Gasteiger partial charge in [0, 0.05) is 32.5 Å². The Morgan fingerprint density at radius 1 is 0.377 bits per heavy atom. The molecule has 3 heterocycles. The van der Waals surface area contributed by atoms with Crippen molar-refractivity contribution in [2.24, 2.45) is 0 Å². The molecule has 11 rings (SSSR count). The highest BCUT2D eigenvalue weighted by Crippen LogP contribution is 2.52. The highest BCUT2D eigenvalue weighted by molar-refractivity contribution is 6.10. The Hall–Kier alpha value is -6.85. The Balaban J connectivity index is 1.14. The van der Waals surface area contributed by atoms with Gasteiger partial charge in [-0.05, 0) is 57.6 Å². The molecule has 0 saturated carbocycles. The molecule has 10 aromatic rings. The minimum absolute atomic E-state index is 0.0564. The molecular formula is C48H33N5. The highest BCUT2D eigenvalue weighted by atomic mass is 15.3. The van der Waals surface area contributed by atoms with Crippen molar-refractivity contribution in [1.29, 1.82) is 0 Å². The number of hydrogen-bond acceptors (Lipinski definition) is 3. The molecule has 0 bridgehead atoms. The predicted molar refractivity (Wildman–Crippen MR) is 217 cm³/mol. The second-order valence-electron chi connectivity index (χ2n) is 14.5. The van der Waals surface area contributed by atoms with Crippen molar-refractivity contribution in [2.45, 2.75) is 19.3 Å². The molecule has 0 saturated heterocycles. The van der Waals surface area contributed by atoms with E-state index in [1.165, 1.54) is 27.8 Å². The van der Waals surface area contributed by atoms with E-state index in [9.17, 15) is 0 Å². The zero-order chi connectivity index (χ0) is 35.3. The summed E-state index contributed by atoms with van der Waals surface area (Å²) in [5.41, 5.74) is 12.9. The maximum atomic E-state index is 5.29. The molecule has 0 fully saturated rings. The van der Waals surface area contributed by atoms with Gasteiger partial charge in [0.15, 0.2) is 5.82 Å². The summed E-state index contributed by atoms with van der Waals surface area (Å²) in [6.45, 7) is 4.66. The lowest BCUT2D eigenvalue weighted by molar-refractivity contribution is 0.660. The summed E-state index contributed by atoms with van der Waals surface area (Å²) in [4.78, 5) is 15.8. The molecule has 0 atom stereocenters. The van der Waals surface area contributed by atoms with Gasteiger partial charge in [-0.15, -0.1) is 0 Å². The average Bonchev–Trinajstić information content (AvgIpc) is 3.81. The van der Waals surface area contributed by atoms with Crippen molar-refractivity contribution in [3.8, 4) is 45.5 Å². The molecule has 0 radical (unpaired) electrons. The van der Waals surface area contributed by atoms with Crippen LogP contribution in [0, 0.1) is 0 Å². The molecule has 0 amide bonds. The van der Waals surface area contributed by atoms with Gasteiger partial charge >= 0.3 is 0 Å². The Bertz CT molecular complexity index is 2850. The smallest absolute Gasteiger partial charge is 0.240 e. The van der Waals surface area contributed by atoms with Crippen molar-refractivity contribution in [1.82, 2.24) is 24.1 Å². The fraction of sp³-hybridized carbons (Fsp3) is 0.0625. The molecular weight excluding hydrogens is 647 g/mol. The van der Waals surface area contributed by atoms with E-state index in [-0.39, 0.29) is 5.41 Å². The summed E-state index contributed by atoms with van der Waals surface area (Å²) in [6, 6.07) is 58.2. The normalized spacial score (nSPS) is 13.2. The topological polar surface area (TPSA) is 48.5 Å². The van der Waals surface area contributed by atoms with Crippen LogP contribution in [0.5, 0.6) is 0 Å². The largest absolute Gasteiger partial charge is 0.278 e. The molecule has 7 aromatic carbocycles. The van der Waals surface area contributed by atoms with Gasteiger partial charge in [0.2, 0.25) is 11.9 Å². The zero-order valence-electron chi connectivity index (χ0n) is 29.3. The van der Waals surface area contributed by atoms with E-state index in [2.05, 4.69) is 187 Å². The molecule has 250 valence electrons. The first-order chi connectivity index (χ1) is 26.1. The minimum atomic E-state index is -0.0564. The first-order valence-electron chi connectivity index (χ1n) is 18.1. The summed E-state index contributed by atoms with van der Waals surface area (Å²) < 4.78 is 4.35. The first-order valence-corrected chi connectivity index (χ1v) is 18.1. The van der Waals surface area contributed by atoms with E-state index in [1.807, 2.05) is 0 Å². The van der Waals surface area contributed by atoms with Crippen LogP contribution in [0.25, 0.3) is 89.2 Å². The van der Waals surface area contributed by atoms with Crippen LogP contribution < -0.4 is 0 Å². The molecule has 0 spiro atoms. The average molecular weight is 680 g/mol. The second-order valence-corrected chi connectivity index (χ2v) is 14.5. The first kappa shape index (κ1) is 29.8. The molecule has 1 aliphatic rings. The fourth-order valence-electron chi connectivity index (χ4n) is 8.75. The van der Waals surface area contributed by atoms with Crippen LogP contribution in [0.2, 0.25) is 0 Å². The van der Waals surface area contributed by atoms with Crippen LogP contribution >= 0.6 is 0 Å². The number of nitrogens with zero attached hydrogens (tertiary/aromatic N) is 5. The standard InChI is InChI=1S/C48H33N5/c1-48(2)38-20-8-3-18-37(38)44-32(19-13-21-39(44)48)30-26-28-31(29-27-30)45-49-46(52-40-22-9-4-14-33(40)34-15-5-10-23-41(34)52)51-47(50-45)53-42-24-11-6-16-35(42)36-17-7-12-25-43(36)53/h3-29H,1-2H3. The van der Waals surface area contributed by atoms with Gasteiger partial charge in [-0.25, -0.2) is 0 Å². The molecule has 5 nitrogen and oxygen atoms in total. The van der Waals surface area contributed by atoms with Crippen molar-refractivity contribution >= 4 is 43.6 Å². The third-order valence-electron chi connectivity index (χ3n) is 11.2. The van der Waals surface area contributed by atoms with Gasteiger partial charge < -0.3 is 0 Å². The number of aromatic nitrogens is 5. The van der Waals surface area contributed by atoms with E-state index in [4.69, 9.17) is 15.0 Å². The number of hydrogen-bond donors (Lipinski definition) is 0. The molecule has 1 aliphatic carbocycles. The lowest BCUT2D eigenvalue weighted by Gasteiger charge is -2.21. The maximum Gasteiger partial charge on any atom is 0.240 e. The van der Waals surface area contributed by atoms with Gasteiger partial charge in [0.1, 0.15) is 0 Å². The quantitative estimate of drug-likeness (QED) is 0.186. The van der Waals surface area contributed by atoms with Crippen LogP contribution in [-0.2, 0) is 5.41 Å². The molecule has 3 aromatic heterocycles. The number of para-hydroxylation sites is 4. The van der Waals surface area contributed by atoms with E-state index in [1.54, 1.807) is 0 Å². The van der Waals surface area contributed by atoms with E-state index in [0.29, 0.717) is 17.7 Å². The molecule has 0 unspecified atom stereocenters. The molecule has 53 heavy (non-hydrogen) atoms. The van der Waals surface area contributed by atoms with Crippen LogP contribution in [0.1, 0.15) is 25.0 Å². The fourth-order valence-corrected chi connectivity index (χ4v) is 8.75. The summed E-state index contributed by atoms with van der Waals surface area (Å²) in [5.74, 6) is 1.77. The minimum Gasteiger partial charge on any atom is -0.278 e. The molecule has 0 aliphatic heterocycles. The van der Waals surface area contributed by atoms with Crippen LogP contribution in [0.3, 0.4) is 0 Å². The zero-order valence-corrected chi connectivity index (χ0v) is 29.3. The van der Waals surface area contributed by atoms with Crippen LogP contribution in [0.15, 0.2) is 164 Å². The lowest BCUT2D eigenvalue weighted by Crippen LogP contribution is -2.14. The summed E-state index contributed by atoms with van der Waals surface area (Å²) in [7, 11) is 0. The number of rotatable bonds is 4. The van der Waals surface area contributed by atoms with Crippen molar-refractivity contribution in [3.05, 3.63) is 175 Å². The maximum absolute atomic E-state index is 5.29. The Labute approximate surface area is 306 Å². The van der Waals surface area contributed by atoms with Crippen LogP contribution in [-0.4, -0.2) is 24.1 Å². The number of benzene rings is 7. The monoisotopic (exact) mass is 679 g/mol.